The Balaban J connectivity index is 1.50. The number of carbonyl (C=O) groups is 1. The van der Waals surface area contributed by atoms with Gasteiger partial charge in [-0.05, 0) is 42.7 Å². The Labute approximate surface area is 163 Å². The number of hydrogen-bond acceptors (Lipinski definition) is 2. The highest BCUT2D eigenvalue weighted by atomic mass is 16.5. The van der Waals surface area contributed by atoms with Crippen molar-refractivity contribution < 1.29 is 9.53 Å². The lowest BCUT2D eigenvalue weighted by atomic mass is 9.74. The first-order chi connectivity index (χ1) is 13.2. The smallest absolute Gasteiger partial charge is 0.220 e. The van der Waals surface area contributed by atoms with Gasteiger partial charge < -0.3 is 10.1 Å². The van der Waals surface area contributed by atoms with E-state index >= 15 is 0 Å². The fourth-order valence-electron chi connectivity index (χ4n) is 3.94. The Morgan fingerprint density at radius 3 is 2.33 bits per heavy atom. The molecule has 0 saturated carbocycles. The average molecular weight is 366 g/mol. The predicted octanol–water partition coefficient (Wildman–Crippen LogP) is 4.51. The van der Waals surface area contributed by atoms with Crippen LogP contribution >= 0.6 is 0 Å². The minimum atomic E-state index is 0.00243. The minimum absolute atomic E-state index is 0.00243. The third-order valence-corrected chi connectivity index (χ3v) is 5.76. The van der Waals surface area contributed by atoms with Crippen LogP contribution in [-0.2, 0) is 21.4 Å². The normalized spacial score (nSPS) is 17.2. The second-order valence-electron chi connectivity index (χ2n) is 7.87. The van der Waals surface area contributed by atoms with Gasteiger partial charge in [0.05, 0.1) is 0 Å². The quantitative estimate of drug-likeness (QED) is 0.747. The summed E-state index contributed by atoms with van der Waals surface area (Å²) in [5.41, 5.74) is 2.66. The van der Waals surface area contributed by atoms with Gasteiger partial charge in [-0.1, -0.05) is 67.6 Å². The fraction of sp³-hybridized carbons (Fsp3) is 0.458. The van der Waals surface area contributed by atoms with Gasteiger partial charge in [0.1, 0.15) is 0 Å². The lowest BCUT2D eigenvalue weighted by molar-refractivity contribution is -0.122. The Bertz CT molecular complexity index is 693. The largest absolute Gasteiger partial charge is 0.381 e. The van der Waals surface area contributed by atoms with Crippen molar-refractivity contribution in [3.05, 3.63) is 71.8 Å². The van der Waals surface area contributed by atoms with E-state index in [0.717, 1.165) is 38.9 Å². The first-order valence-corrected chi connectivity index (χ1v) is 10.1. The summed E-state index contributed by atoms with van der Waals surface area (Å²) in [6, 6.07) is 21.1. The van der Waals surface area contributed by atoms with Gasteiger partial charge in [-0.3, -0.25) is 4.79 Å². The highest BCUT2D eigenvalue weighted by Gasteiger charge is 2.34. The molecule has 1 aliphatic rings. The topological polar surface area (TPSA) is 38.3 Å². The highest BCUT2D eigenvalue weighted by Crippen LogP contribution is 2.34. The molecule has 0 aromatic heterocycles. The van der Waals surface area contributed by atoms with E-state index < -0.39 is 0 Å². The van der Waals surface area contributed by atoms with Crippen molar-refractivity contribution in [1.29, 1.82) is 0 Å². The van der Waals surface area contributed by atoms with Gasteiger partial charge in [0.15, 0.2) is 0 Å². The van der Waals surface area contributed by atoms with E-state index in [4.69, 9.17) is 4.74 Å². The molecular formula is C24H31NO2. The third-order valence-electron chi connectivity index (χ3n) is 5.76. The van der Waals surface area contributed by atoms with Gasteiger partial charge in [0.25, 0.3) is 0 Å². The molecule has 2 aromatic rings. The molecule has 1 fully saturated rings. The molecule has 0 spiro atoms. The van der Waals surface area contributed by atoms with Crippen molar-refractivity contribution in [2.75, 3.05) is 19.8 Å². The monoisotopic (exact) mass is 365 g/mol. The van der Waals surface area contributed by atoms with E-state index in [1.54, 1.807) is 0 Å². The van der Waals surface area contributed by atoms with Crippen LogP contribution in [0.15, 0.2) is 60.7 Å². The first-order valence-electron chi connectivity index (χ1n) is 10.1. The first kappa shape index (κ1) is 19.6. The van der Waals surface area contributed by atoms with Crippen LogP contribution in [0.1, 0.15) is 43.7 Å². The predicted molar refractivity (Wildman–Crippen MR) is 110 cm³/mol. The van der Waals surface area contributed by atoms with E-state index in [0.29, 0.717) is 18.9 Å². The number of benzene rings is 2. The Hall–Kier alpha value is -2.13. The van der Waals surface area contributed by atoms with Crippen molar-refractivity contribution in [3.63, 3.8) is 0 Å². The summed E-state index contributed by atoms with van der Waals surface area (Å²) < 4.78 is 5.58. The standard InChI is InChI=1S/C24H31NO2/c1-20(12-13-21-8-4-2-5-9-21)18-23(26)25-19-24(14-16-27-17-15-24)22-10-6-3-7-11-22/h2-11,20H,12-19H2,1H3,(H,25,26). The van der Waals surface area contributed by atoms with Crippen molar-refractivity contribution in [2.24, 2.45) is 5.92 Å². The maximum absolute atomic E-state index is 12.5. The highest BCUT2D eigenvalue weighted by molar-refractivity contribution is 5.76. The molecule has 3 rings (SSSR count). The Morgan fingerprint density at radius 2 is 1.67 bits per heavy atom. The number of hydrogen-bond donors (Lipinski definition) is 1. The van der Waals surface area contributed by atoms with Crippen molar-refractivity contribution in [2.45, 2.75) is 44.4 Å². The van der Waals surface area contributed by atoms with Crippen molar-refractivity contribution >= 4 is 5.91 Å². The summed E-state index contributed by atoms with van der Waals surface area (Å²) >= 11 is 0. The molecule has 2 aromatic carbocycles. The van der Waals surface area contributed by atoms with E-state index in [9.17, 15) is 4.79 Å². The molecule has 3 heteroatoms. The number of aryl methyl sites for hydroxylation is 1. The molecule has 0 radical (unpaired) electrons. The number of amides is 1. The fourth-order valence-corrected chi connectivity index (χ4v) is 3.94. The van der Waals surface area contributed by atoms with Crippen molar-refractivity contribution in [1.82, 2.24) is 5.32 Å². The zero-order valence-corrected chi connectivity index (χ0v) is 16.3. The van der Waals surface area contributed by atoms with Crippen LogP contribution in [0.2, 0.25) is 0 Å². The van der Waals surface area contributed by atoms with Crippen LogP contribution in [0.25, 0.3) is 0 Å². The summed E-state index contributed by atoms with van der Waals surface area (Å²) in [6.45, 7) is 4.39. The van der Waals surface area contributed by atoms with Gasteiger partial charge >= 0.3 is 0 Å². The van der Waals surface area contributed by atoms with E-state index in [1.165, 1.54) is 11.1 Å². The minimum Gasteiger partial charge on any atom is -0.381 e. The zero-order chi connectivity index (χ0) is 19.0. The molecule has 1 saturated heterocycles. The molecule has 3 nitrogen and oxygen atoms in total. The van der Waals surface area contributed by atoms with Crippen LogP contribution in [0.5, 0.6) is 0 Å². The third kappa shape index (κ3) is 5.67. The van der Waals surface area contributed by atoms with E-state index in [1.807, 2.05) is 12.1 Å². The second-order valence-corrected chi connectivity index (χ2v) is 7.87. The molecule has 0 bridgehead atoms. The number of ether oxygens (including phenoxy) is 1. The van der Waals surface area contributed by atoms with E-state index in [-0.39, 0.29) is 11.3 Å². The summed E-state index contributed by atoms with van der Waals surface area (Å²) in [5.74, 6) is 0.546. The SMILES string of the molecule is CC(CCc1ccccc1)CC(=O)NCC1(c2ccccc2)CCOCC1. The molecule has 1 amide bonds. The molecule has 1 unspecified atom stereocenters. The van der Waals surface area contributed by atoms with Crippen LogP contribution in [0, 0.1) is 5.92 Å². The van der Waals surface area contributed by atoms with E-state index in [2.05, 4.69) is 60.8 Å². The second kappa shape index (κ2) is 9.70. The summed E-state index contributed by atoms with van der Waals surface area (Å²) in [5, 5.41) is 3.23. The van der Waals surface area contributed by atoms with Crippen LogP contribution in [0.4, 0.5) is 0 Å². The van der Waals surface area contributed by atoms with Gasteiger partial charge in [0, 0.05) is 31.6 Å². The van der Waals surface area contributed by atoms with Crippen LogP contribution < -0.4 is 5.32 Å². The lowest BCUT2D eigenvalue weighted by Gasteiger charge is -2.38. The molecule has 1 N–H and O–H groups in total. The number of carbonyl (C=O) groups excluding carboxylic acids is 1. The molecule has 27 heavy (non-hydrogen) atoms. The molecular weight excluding hydrogens is 334 g/mol. The van der Waals surface area contributed by atoms with Crippen LogP contribution in [0.3, 0.4) is 0 Å². The number of nitrogens with one attached hydrogen (secondary N) is 1. The average Bonchev–Trinajstić information content (AvgIpc) is 2.73. The summed E-state index contributed by atoms with van der Waals surface area (Å²) in [7, 11) is 0. The molecule has 1 aliphatic heterocycles. The van der Waals surface area contributed by atoms with Gasteiger partial charge in [0.2, 0.25) is 5.91 Å². The Morgan fingerprint density at radius 1 is 1.04 bits per heavy atom. The Kier molecular flexibility index (Phi) is 7.05. The lowest BCUT2D eigenvalue weighted by Crippen LogP contribution is -2.44. The summed E-state index contributed by atoms with van der Waals surface area (Å²) in [4.78, 5) is 12.5. The molecule has 144 valence electrons. The van der Waals surface area contributed by atoms with Gasteiger partial charge in [-0.2, -0.15) is 0 Å². The summed E-state index contributed by atoms with van der Waals surface area (Å²) in [6.07, 6.45) is 4.57. The molecule has 1 atom stereocenters. The zero-order valence-electron chi connectivity index (χ0n) is 16.3. The maximum atomic E-state index is 12.5. The number of rotatable bonds is 8. The molecule has 0 aliphatic carbocycles. The maximum Gasteiger partial charge on any atom is 0.220 e. The van der Waals surface area contributed by atoms with Crippen LogP contribution in [-0.4, -0.2) is 25.7 Å². The van der Waals surface area contributed by atoms with Crippen molar-refractivity contribution in [3.8, 4) is 0 Å². The van der Waals surface area contributed by atoms with Gasteiger partial charge in [-0.25, -0.2) is 0 Å². The van der Waals surface area contributed by atoms with Gasteiger partial charge in [-0.15, -0.1) is 0 Å². The molecule has 1 heterocycles.